The minimum Gasteiger partial charge on any atom is -0.424 e. The molecule has 1 atom stereocenters. The highest BCUT2D eigenvalue weighted by molar-refractivity contribution is 5.91. The monoisotopic (exact) mass is 380 g/mol. The zero-order valence-corrected chi connectivity index (χ0v) is 15.3. The number of rotatable bonds is 9. The molecule has 2 aromatic rings. The van der Waals surface area contributed by atoms with Crippen molar-refractivity contribution in [3.63, 3.8) is 0 Å². The van der Waals surface area contributed by atoms with E-state index in [1.807, 2.05) is 6.07 Å². The number of allylic oxidation sites excluding steroid dienone is 2. The molecule has 1 aromatic carbocycles. The number of anilines is 1. The average molecular weight is 380 g/mol. The molecule has 28 heavy (non-hydrogen) atoms. The van der Waals surface area contributed by atoms with Crippen molar-refractivity contribution in [2.75, 3.05) is 5.32 Å². The maximum absolute atomic E-state index is 11.6. The fourth-order valence-corrected chi connectivity index (χ4v) is 2.12. The molecule has 9 heteroatoms. The summed E-state index contributed by atoms with van der Waals surface area (Å²) in [5.41, 5.74) is 11.8. The minimum absolute atomic E-state index is 0.0868. The van der Waals surface area contributed by atoms with Crippen LogP contribution in [0.2, 0.25) is 0 Å². The van der Waals surface area contributed by atoms with Gasteiger partial charge in [0.1, 0.15) is 23.3 Å². The van der Waals surface area contributed by atoms with Gasteiger partial charge in [0.15, 0.2) is 0 Å². The Bertz CT molecular complexity index is 954. The van der Waals surface area contributed by atoms with E-state index in [9.17, 15) is 9.59 Å². The molecule has 5 N–H and O–H groups in total. The summed E-state index contributed by atoms with van der Waals surface area (Å²) in [5, 5.41) is 2.77. The Morgan fingerprint density at radius 1 is 1.29 bits per heavy atom. The average Bonchev–Trinajstić information content (AvgIpc) is 2.66. The van der Waals surface area contributed by atoms with Gasteiger partial charge in [-0.25, -0.2) is 0 Å². The number of ether oxygens (including phenoxy) is 1. The topological polar surface area (TPSA) is 146 Å². The Labute approximate surface area is 161 Å². The third-order valence-electron chi connectivity index (χ3n) is 3.56. The lowest BCUT2D eigenvalue weighted by Crippen LogP contribution is -2.33. The number of para-hydroxylation sites is 1. The van der Waals surface area contributed by atoms with Gasteiger partial charge in [0.05, 0.1) is 0 Å². The molecule has 1 unspecified atom stereocenters. The summed E-state index contributed by atoms with van der Waals surface area (Å²) in [6, 6.07) is 7.48. The fourth-order valence-electron chi connectivity index (χ4n) is 2.12. The molecule has 0 saturated carbocycles. The van der Waals surface area contributed by atoms with Gasteiger partial charge in [0.2, 0.25) is 5.91 Å². The van der Waals surface area contributed by atoms with Crippen molar-refractivity contribution >= 4 is 29.9 Å². The van der Waals surface area contributed by atoms with Crippen LogP contribution in [0.15, 0.2) is 54.2 Å². The van der Waals surface area contributed by atoms with Crippen LogP contribution in [-0.4, -0.2) is 34.5 Å². The van der Waals surface area contributed by atoms with E-state index in [1.54, 1.807) is 31.2 Å². The second-order valence-corrected chi connectivity index (χ2v) is 5.68. The first kappa shape index (κ1) is 20.3. The molecule has 0 saturated heterocycles. The molecular formula is C19H20N6O3. The van der Waals surface area contributed by atoms with E-state index in [-0.39, 0.29) is 17.5 Å². The Morgan fingerprint density at radius 3 is 2.64 bits per heavy atom. The molecule has 9 nitrogen and oxygen atoms in total. The predicted octanol–water partition coefficient (Wildman–Crippen LogP) is 1.88. The fraction of sp³-hybridized carbons (Fsp3) is 0.105. The van der Waals surface area contributed by atoms with Crippen molar-refractivity contribution in [3.8, 4) is 11.8 Å². The number of carbonyl (C=O) groups excluding carboxylic acids is 2. The van der Waals surface area contributed by atoms with Crippen molar-refractivity contribution in [1.29, 1.82) is 0 Å². The van der Waals surface area contributed by atoms with Crippen LogP contribution in [0.1, 0.15) is 23.0 Å². The highest BCUT2D eigenvalue weighted by atomic mass is 16.5. The van der Waals surface area contributed by atoms with E-state index in [1.165, 1.54) is 12.3 Å². The van der Waals surface area contributed by atoms with Crippen molar-refractivity contribution in [2.24, 2.45) is 16.5 Å². The summed E-state index contributed by atoms with van der Waals surface area (Å²) < 4.78 is 5.76. The van der Waals surface area contributed by atoms with E-state index in [2.05, 4.69) is 33.6 Å². The van der Waals surface area contributed by atoms with Gasteiger partial charge in [-0.05, 0) is 31.4 Å². The number of aromatic nitrogens is 2. The molecule has 0 radical (unpaired) electrons. The number of carbonyl (C=O) groups is 2. The highest BCUT2D eigenvalue weighted by Gasteiger charge is 2.15. The second-order valence-electron chi connectivity index (χ2n) is 5.68. The van der Waals surface area contributed by atoms with Crippen LogP contribution in [-0.2, 0) is 4.79 Å². The van der Waals surface area contributed by atoms with Crippen molar-refractivity contribution in [2.45, 2.75) is 13.0 Å². The van der Waals surface area contributed by atoms with Crippen LogP contribution < -0.4 is 21.5 Å². The van der Waals surface area contributed by atoms with Gasteiger partial charge < -0.3 is 21.5 Å². The van der Waals surface area contributed by atoms with E-state index in [4.69, 9.17) is 16.2 Å². The molecule has 2 amide bonds. The van der Waals surface area contributed by atoms with Gasteiger partial charge in [-0.1, -0.05) is 24.8 Å². The summed E-state index contributed by atoms with van der Waals surface area (Å²) in [6.45, 7) is 8.88. The molecule has 0 aliphatic heterocycles. The van der Waals surface area contributed by atoms with Gasteiger partial charge in [0, 0.05) is 17.8 Å². The number of amides is 2. The Balaban J connectivity index is 2.41. The number of aliphatic imine (C=N–C) groups is 1. The first-order valence-electron chi connectivity index (χ1n) is 8.15. The smallest absolute Gasteiger partial charge is 0.324 e. The molecule has 0 aliphatic carbocycles. The second kappa shape index (κ2) is 9.08. The van der Waals surface area contributed by atoms with Crippen LogP contribution in [0.25, 0.3) is 5.57 Å². The number of hydrogen-bond acceptors (Lipinski definition) is 7. The van der Waals surface area contributed by atoms with Gasteiger partial charge in [-0.2, -0.15) is 9.97 Å². The Hall–Kier alpha value is -4.01. The molecule has 144 valence electrons. The summed E-state index contributed by atoms with van der Waals surface area (Å²) in [7, 11) is 0. The number of primary amides is 2. The van der Waals surface area contributed by atoms with Crippen LogP contribution in [0.4, 0.5) is 5.82 Å². The largest absolute Gasteiger partial charge is 0.424 e. The van der Waals surface area contributed by atoms with E-state index in [0.29, 0.717) is 16.9 Å². The van der Waals surface area contributed by atoms with Gasteiger partial charge in [-0.15, -0.1) is 0 Å². The van der Waals surface area contributed by atoms with Crippen LogP contribution >= 0.6 is 0 Å². The SMILES string of the molecule is C=NC=CC(=C)c1ccccc1Oc1nc(NC(C)C(N)=O)cc(C(N)=O)n1. The summed E-state index contributed by atoms with van der Waals surface area (Å²) in [5.74, 6) is -0.806. The number of benzene rings is 1. The molecule has 0 fully saturated rings. The maximum atomic E-state index is 11.6. The van der Waals surface area contributed by atoms with Gasteiger partial charge in [0.25, 0.3) is 5.91 Å². The van der Waals surface area contributed by atoms with E-state index < -0.39 is 17.9 Å². The quantitative estimate of drug-likeness (QED) is 0.447. The van der Waals surface area contributed by atoms with Crippen molar-refractivity contribution in [3.05, 3.63) is 60.4 Å². The molecule has 0 spiro atoms. The van der Waals surface area contributed by atoms with Crippen LogP contribution in [0.3, 0.4) is 0 Å². The minimum atomic E-state index is -0.778. The number of nitrogens with two attached hydrogens (primary N) is 2. The zero-order valence-electron chi connectivity index (χ0n) is 15.3. The Morgan fingerprint density at radius 2 is 2.00 bits per heavy atom. The summed E-state index contributed by atoms with van der Waals surface area (Å²) >= 11 is 0. The molecule has 0 bridgehead atoms. The normalized spacial score (nSPS) is 11.6. The van der Waals surface area contributed by atoms with Gasteiger partial charge >= 0.3 is 6.01 Å². The third-order valence-corrected chi connectivity index (χ3v) is 3.56. The molecule has 1 heterocycles. The van der Waals surface area contributed by atoms with E-state index in [0.717, 1.165) is 0 Å². The third kappa shape index (κ3) is 5.24. The summed E-state index contributed by atoms with van der Waals surface area (Å²) in [6.07, 6.45) is 3.16. The molecule has 2 rings (SSSR count). The van der Waals surface area contributed by atoms with Gasteiger partial charge in [-0.3, -0.25) is 14.6 Å². The summed E-state index contributed by atoms with van der Waals surface area (Å²) in [4.78, 5) is 34.7. The number of nitrogens with zero attached hydrogens (tertiary/aromatic N) is 3. The van der Waals surface area contributed by atoms with Crippen molar-refractivity contribution < 1.29 is 14.3 Å². The zero-order chi connectivity index (χ0) is 20.7. The van der Waals surface area contributed by atoms with E-state index >= 15 is 0 Å². The molecule has 0 aliphatic rings. The lowest BCUT2D eigenvalue weighted by molar-refractivity contribution is -0.118. The predicted molar refractivity (Wildman–Crippen MR) is 107 cm³/mol. The number of nitrogens with one attached hydrogen (secondary N) is 1. The standard InChI is InChI=1S/C19H20N6O3/c1-11(8-9-22-3)13-6-4-5-7-15(13)28-19-24-14(18(21)27)10-16(25-19)23-12(2)17(20)26/h4-10,12H,1,3H2,2H3,(H2,20,26)(H2,21,27)(H,23,24,25). The maximum Gasteiger partial charge on any atom is 0.324 e. The first-order chi connectivity index (χ1) is 13.3. The Kier molecular flexibility index (Phi) is 6.58. The van der Waals surface area contributed by atoms with Crippen LogP contribution in [0, 0.1) is 0 Å². The molecule has 1 aromatic heterocycles. The lowest BCUT2D eigenvalue weighted by atomic mass is 10.1. The van der Waals surface area contributed by atoms with Crippen LogP contribution in [0.5, 0.6) is 11.8 Å². The number of hydrogen-bond donors (Lipinski definition) is 3. The lowest BCUT2D eigenvalue weighted by Gasteiger charge is -2.14. The first-order valence-corrected chi connectivity index (χ1v) is 8.15. The molecular weight excluding hydrogens is 360 g/mol. The highest BCUT2D eigenvalue weighted by Crippen LogP contribution is 2.29. The van der Waals surface area contributed by atoms with Crippen molar-refractivity contribution in [1.82, 2.24) is 9.97 Å².